The van der Waals surface area contributed by atoms with Gasteiger partial charge in [-0.15, -0.1) is 0 Å². The molecule has 1 aliphatic heterocycles. The number of phenols is 1. The van der Waals surface area contributed by atoms with Gasteiger partial charge in [0.05, 0.1) is 6.04 Å². The molecule has 1 fully saturated rings. The van der Waals surface area contributed by atoms with Crippen LogP contribution in [0.25, 0.3) is 0 Å². The zero-order valence-corrected chi connectivity index (χ0v) is 22.4. The maximum Gasteiger partial charge on any atom is 0.326 e. The van der Waals surface area contributed by atoms with Gasteiger partial charge in [0, 0.05) is 13.0 Å². The van der Waals surface area contributed by atoms with Crippen molar-refractivity contribution < 1.29 is 29.4 Å². The molecule has 6 N–H and O–H groups in total. The van der Waals surface area contributed by atoms with E-state index in [1.165, 1.54) is 17.0 Å². The zero-order valence-electron chi connectivity index (χ0n) is 22.4. The maximum absolute atomic E-state index is 13.8. The molecular formula is C29H38N4O6. The van der Waals surface area contributed by atoms with Crippen LogP contribution in [0.5, 0.6) is 5.75 Å². The second kappa shape index (κ2) is 13.7. The van der Waals surface area contributed by atoms with Gasteiger partial charge in [-0.25, -0.2) is 4.79 Å². The standard InChI is InChI=1S/C29H38N4O6/c1-18(2)15-24(29(38)39)32-27(36)25-9-6-14-33(25)28(37)23(17-20-10-12-21(34)13-11-20)31-26(35)22(30)16-19-7-4-3-5-8-19/h3-5,7-8,10-13,18,22-25,34H,6,9,14-17,30H2,1-2H3,(H,31,35)(H,32,36)(H,38,39). The maximum atomic E-state index is 13.8. The van der Waals surface area contributed by atoms with Crippen molar-refractivity contribution in [3.05, 3.63) is 65.7 Å². The molecule has 2 aromatic carbocycles. The van der Waals surface area contributed by atoms with Crippen molar-refractivity contribution in [3.8, 4) is 5.75 Å². The Morgan fingerprint density at radius 1 is 0.949 bits per heavy atom. The van der Waals surface area contributed by atoms with Gasteiger partial charge in [-0.2, -0.15) is 0 Å². The number of aliphatic carboxylic acids is 1. The first-order chi connectivity index (χ1) is 18.5. The van der Waals surface area contributed by atoms with Gasteiger partial charge in [0.1, 0.15) is 23.9 Å². The molecule has 4 unspecified atom stereocenters. The Hall–Kier alpha value is -3.92. The van der Waals surface area contributed by atoms with Crippen LogP contribution in [0, 0.1) is 5.92 Å². The number of nitrogens with zero attached hydrogens (tertiary/aromatic N) is 1. The van der Waals surface area contributed by atoms with E-state index in [2.05, 4.69) is 10.6 Å². The summed E-state index contributed by atoms with van der Waals surface area (Å²) in [5, 5.41) is 24.6. The predicted octanol–water partition coefficient (Wildman–Crippen LogP) is 1.60. The Morgan fingerprint density at radius 3 is 2.21 bits per heavy atom. The van der Waals surface area contributed by atoms with E-state index in [1.54, 1.807) is 12.1 Å². The number of rotatable bonds is 12. The highest BCUT2D eigenvalue weighted by Crippen LogP contribution is 2.21. The summed E-state index contributed by atoms with van der Waals surface area (Å²) in [7, 11) is 0. The van der Waals surface area contributed by atoms with Crippen molar-refractivity contribution in [1.82, 2.24) is 15.5 Å². The van der Waals surface area contributed by atoms with Gasteiger partial charge in [0.2, 0.25) is 17.7 Å². The van der Waals surface area contributed by atoms with E-state index in [-0.39, 0.29) is 30.9 Å². The fourth-order valence-electron chi connectivity index (χ4n) is 4.77. The molecule has 3 rings (SSSR count). The van der Waals surface area contributed by atoms with E-state index in [0.29, 0.717) is 24.9 Å². The van der Waals surface area contributed by atoms with Crippen LogP contribution in [0.15, 0.2) is 54.6 Å². The normalized spacial score (nSPS) is 17.3. The molecule has 210 valence electrons. The van der Waals surface area contributed by atoms with Crippen molar-refractivity contribution in [2.24, 2.45) is 11.7 Å². The number of nitrogens with two attached hydrogens (primary N) is 1. The molecule has 4 atom stereocenters. The number of carbonyl (C=O) groups is 4. The van der Waals surface area contributed by atoms with Gasteiger partial charge in [-0.05, 0) is 54.9 Å². The monoisotopic (exact) mass is 538 g/mol. The summed E-state index contributed by atoms with van der Waals surface area (Å²) in [5.74, 6) is -2.48. The smallest absolute Gasteiger partial charge is 0.326 e. The summed E-state index contributed by atoms with van der Waals surface area (Å²) in [5.41, 5.74) is 7.75. The highest BCUT2D eigenvalue weighted by Gasteiger charge is 2.39. The van der Waals surface area contributed by atoms with E-state index in [4.69, 9.17) is 5.73 Å². The molecule has 0 aromatic heterocycles. The number of hydrogen-bond acceptors (Lipinski definition) is 6. The van der Waals surface area contributed by atoms with Crippen LogP contribution in [-0.4, -0.2) is 69.5 Å². The molecule has 0 aliphatic carbocycles. The second-order valence-electron chi connectivity index (χ2n) is 10.4. The Morgan fingerprint density at radius 2 is 1.59 bits per heavy atom. The van der Waals surface area contributed by atoms with Crippen molar-refractivity contribution >= 4 is 23.7 Å². The molecule has 10 heteroatoms. The molecule has 2 aromatic rings. The van der Waals surface area contributed by atoms with Gasteiger partial charge in [0.15, 0.2) is 0 Å². The lowest BCUT2D eigenvalue weighted by Gasteiger charge is -2.30. The number of carbonyl (C=O) groups excluding carboxylic acids is 3. The third kappa shape index (κ3) is 8.54. The zero-order chi connectivity index (χ0) is 28.5. The highest BCUT2D eigenvalue weighted by atomic mass is 16.4. The first-order valence-corrected chi connectivity index (χ1v) is 13.3. The van der Waals surface area contributed by atoms with Gasteiger partial charge in [-0.1, -0.05) is 56.3 Å². The van der Waals surface area contributed by atoms with Crippen LogP contribution < -0.4 is 16.4 Å². The second-order valence-corrected chi connectivity index (χ2v) is 10.4. The third-order valence-electron chi connectivity index (χ3n) is 6.79. The SMILES string of the molecule is CC(C)CC(NC(=O)C1CCCN1C(=O)C(Cc1ccc(O)cc1)NC(=O)C(N)Cc1ccccc1)C(=O)O. The first-order valence-electron chi connectivity index (χ1n) is 13.3. The van der Waals surface area contributed by atoms with Crippen LogP contribution >= 0.6 is 0 Å². The average Bonchev–Trinajstić information content (AvgIpc) is 3.39. The number of nitrogens with one attached hydrogen (secondary N) is 2. The van der Waals surface area contributed by atoms with E-state index in [1.807, 2.05) is 44.2 Å². The molecule has 0 bridgehead atoms. The molecule has 0 saturated carbocycles. The number of carboxylic acid groups (broad SMARTS) is 1. The van der Waals surface area contributed by atoms with Crippen LogP contribution in [0.4, 0.5) is 0 Å². The number of carboxylic acids is 1. The van der Waals surface area contributed by atoms with Gasteiger partial charge in [0.25, 0.3) is 0 Å². The third-order valence-corrected chi connectivity index (χ3v) is 6.79. The van der Waals surface area contributed by atoms with Crippen LogP contribution in [0.1, 0.15) is 44.2 Å². The summed E-state index contributed by atoms with van der Waals surface area (Å²) in [6, 6.07) is 11.8. The summed E-state index contributed by atoms with van der Waals surface area (Å²) < 4.78 is 0. The number of phenolic OH excluding ortho intramolecular Hbond substituents is 1. The van der Waals surface area contributed by atoms with E-state index < -0.39 is 47.9 Å². The van der Waals surface area contributed by atoms with Crippen LogP contribution in [0.3, 0.4) is 0 Å². The molecule has 0 spiro atoms. The summed E-state index contributed by atoms with van der Waals surface area (Å²) in [4.78, 5) is 53.0. The quantitative estimate of drug-likeness (QED) is 0.274. The largest absolute Gasteiger partial charge is 0.508 e. The fourth-order valence-corrected chi connectivity index (χ4v) is 4.77. The van der Waals surface area contributed by atoms with Gasteiger partial charge in [-0.3, -0.25) is 14.4 Å². The van der Waals surface area contributed by atoms with E-state index >= 15 is 0 Å². The minimum absolute atomic E-state index is 0.0534. The van der Waals surface area contributed by atoms with Crippen molar-refractivity contribution in [2.75, 3.05) is 6.54 Å². The van der Waals surface area contributed by atoms with Crippen molar-refractivity contribution in [3.63, 3.8) is 0 Å². The van der Waals surface area contributed by atoms with Gasteiger partial charge < -0.3 is 31.5 Å². The van der Waals surface area contributed by atoms with Gasteiger partial charge >= 0.3 is 5.97 Å². The number of amides is 3. The first kappa shape index (κ1) is 29.6. The average molecular weight is 539 g/mol. The Balaban J connectivity index is 1.77. The van der Waals surface area contributed by atoms with Crippen molar-refractivity contribution in [2.45, 2.75) is 70.1 Å². The Kier molecular flexibility index (Phi) is 10.4. The topological polar surface area (TPSA) is 162 Å². The van der Waals surface area contributed by atoms with Crippen LogP contribution in [0.2, 0.25) is 0 Å². The minimum Gasteiger partial charge on any atom is -0.508 e. The Labute approximate surface area is 228 Å². The number of aromatic hydroxyl groups is 1. The lowest BCUT2D eigenvalue weighted by molar-refractivity contribution is -0.145. The molecule has 1 saturated heterocycles. The highest BCUT2D eigenvalue weighted by molar-refractivity contribution is 5.94. The lowest BCUT2D eigenvalue weighted by atomic mass is 10.0. The summed E-state index contributed by atoms with van der Waals surface area (Å²) >= 11 is 0. The fraction of sp³-hybridized carbons (Fsp3) is 0.448. The Bertz CT molecular complexity index is 1140. The summed E-state index contributed by atoms with van der Waals surface area (Å²) in [6.07, 6.45) is 1.63. The number of benzene rings is 2. The molecule has 1 heterocycles. The molecule has 3 amide bonds. The molecule has 1 aliphatic rings. The lowest BCUT2D eigenvalue weighted by Crippen LogP contribution is -2.57. The van der Waals surface area contributed by atoms with Crippen LogP contribution in [-0.2, 0) is 32.0 Å². The van der Waals surface area contributed by atoms with E-state index in [0.717, 1.165) is 5.56 Å². The van der Waals surface area contributed by atoms with E-state index in [9.17, 15) is 29.4 Å². The molecule has 10 nitrogen and oxygen atoms in total. The summed E-state index contributed by atoms with van der Waals surface area (Å²) in [6.45, 7) is 4.04. The number of hydrogen-bond donors (Lipinski definition) is 5. The number of likely N-dealkylation sites (tertiary alicyclic amines) is 1. The molecule has 0 radical (unpaired) electrons. The predicted molar refractivity (Wildman–Crippen MR) is 146 cm³/mol. The van der Waals surface area contributed by atoms with Crippen molar-refractivity contribution in [1.29, 1.82) is 0 Å². The molecular weight excluding hydrogens is 500 g/mol. The minimum atomic E-state index is -1.13. The molecule has 39 heavy (non-hydrogen) atoms.